The van der Waals surface area contributed by atoms with Gasteiger partial charge in [0.15, 0.2) is 0 Å². The van der Waals surface area contributed by atoms with Gasteiger partial charge in [-0.2, -0.15) is 0 Å². The summed E-state index contributed by atoms with van der Waals surface area (Å²) >= 11 is 0. The lowest BCUT2D eigenvalue weighted by Crippen LogP contribution is -1.91. The van der Waals surface area contributed by atoms with Gasteiger partial charge in [0.1, 0.15) is 11.9 Å². The molecule has 0 fully saturated rings. The zero-order valence-electron chi connectivity index (χ0n) is 10.7. The van der Waals surface area contributed by atoms with Gasteiger partial charge in [-0.3, -0.25) is 10.1 Å². The summed E-state index contributed by atoms with van der Waals surface area (Å²) in [5, 5.41) is 11.6. The van der Waals surface area contributed by atoms with Crippen molar-refractivity contribution in [3.8, 4) is 11.6 Å². The van der Waals surface area contributed by atoms with Crippen LogP contribution in [0.1, 0.15) is 0 Å². The fourth-order valence-electron chi connectivity index (χ4n) is 1.98. The van der Waals surface area contributed by atoms with Crippen molar-refractivity contribution in [3.63, 3.8) is 0 Å². The van der Waals surface area contributed by atoms with Crippen molar-refractivity contribution in [1.82, 2.24) is 9.55 Å². The maximum atomic E-state index is 10.5. The average Bonchev–Trinajstić information content (AvgIpc) is 2.81. The van der Waals surface area contributed by atoms with Crippen molar-refractivity contribution in [2.24, 2.45) is 7.05 Å². The Hall–Kier alpha value is -2.89. The van der Waals surface area contributed by atoms with E-state index in [0.717, 1.165) is 10.9 Å². The van der Waals surface area contributed by atoms with Crippen LogP contribution in [-0.2, 0) is 7.05 Å². The fraction of sp³-hybridized carbons (Fsp3) is 0.0714. The SMILES string of the molecule is Cn1ccc2cc(Oc3ccc([N+](=O)[O-])cn3)ccc21. The highest BCUT2D eigenvalue weighted by Crippen LogP contribution is 2.25. The van der Waals surface area contributed by atoms with Crippen LogP contribution in [0.2, 0.25) is 0 Å². The second kappa shape index (κ2) is 4.65. The summed E-state index contributed by atoms with van der Waals surface area (Å²) in [6.45, 7) is 0. The lowest BCUT2D eigenvalue weighted by molar-refractivity contribution is -0.385. The number of pyridine rings is 1. The van der Waals surface area contributed by atoms with Crippen molar-refractivity contribution in [1.29, 1.82) is 0 Å². The summed E-state index contributed by atoms with van der Waals surface area (Å²) in [4.78, 5) is 14.0. The minimum Gasteiger partial charge on any atom is -0.439 e. The normalized spacial score (nSPS) is 10.7. The highest BCUT2D eigenvalue weighted by molar-refractivity contribution is 5.81. The van der Waals surface area contributed by atoms with Crippen LogP contribution in [0.4, 0.5) is 5.69 Å². The first-order valence-corrected chi connectivity index (χ1v) is 5.97. The van der Waals surface area contributed by atoms with Crippen molar-refractivity contribution in [3.05, 3.63) is 58.9 Å². The summed E-state index contributed by atoms with van der Waals surface area (Å²) in [6.07, 6.45) is 3.15. The van der Waals surface area contributed by atoms with Crippen LogP contribution < -0.4 is 4.74 Å². The number of rotatable bonds is 3. The number of ether oxygens (including phenoxy) is 1. The quantitative estimate of drug-likeness (QED) is 0.540. The molecule has 0 aliphatic heterocycles. The Kier molecular flexibility index (Phi) is 2.83. The number of aromatic nitrogens is 2. The predicted molar refractivity (Wildman–Crippen MR) is 73.9 cm³/mol. The van der Waals surface area contributed by atoms with Crippen LogP contribution in [-0.4, -0.2) is 14.5 Å². The smallest absolute Gasteiger partial charge is 0.287 e. The maximum absolute atomic E-state index is 10.5. The molecule has 20 heavy (non-hydrogen) atoms. The van der Waals surface area contributed by atoms with Gasteiger partial charge in [0.2, 0.25) is 5.88 Å². The Balaban J connectivity index is 1.86. The molecule has 0 aliphatic carbocycles. The molecule has 0 unspecified atom stereocenters. The van der Waals surface area contributed by atoms with Gasteiger partial charge in [0.25, 0.3) is 5.69 Å². The zero-order valence-corrected chi connectivity index (χ0v) is 10.7. The van der Waals surface area contributed by atoms with E-state index >= 15 is 0 Å². The maximum Gasteiger partial charge on any atom is 0.287 e. The van der Waals surface area contributed by atoms with E-state index in [1.54, 1.807) is 0 Å². The Morgan fingerprint density at radius 1 is 1.25 bits per heavy atom. The molecule has 0 atom stereocenters. The lowest BCUT2D eigenvalue weighted by atomic mass is 10.2. The van der Waals surface area contributed by atoms with Gasteiger partial charge < -0.3 is 9.30 Å². The first-order chi connectivity index (χ1) is 9.63. The lowest BCUT2D eigenvalue weighted by Gasteiger charge is -2.04. The van der Waals surface area contributed by atoms with Crippen LogP contribution in [0, 0.1) is 10.1 Å². The number of hydrogen-bond acceptors (Lipinski definition) is 4. The molecular weight excluding hydrogens is 258 g/mol. The molecule has 0 N–H and O–H groups in total. The van der Waals surface area contributed by atoms with Crippen molar-refractivity contribution in [2.75, 3.05) is 0 Å². The third-order valence-corrected chi connectivity index (χ3v) is 3.01. The largest absolute Gasteiger partial charge is 0.439 e. The summed E-state index contributed by atoms with van der Waals surface area (Å²) < 4.78 is 7.60. The van der Waals surface area contributed by atoms with E-state index in [0.29, 0.717) is 11.6 Å². The van der Waals surface area contributed by atoms with E-state index in [1.165, 1.54) is 18.3 Å². The minimum absolute atomic E-state index is 0.0594. The minimum atomic E-state index is -0.493. The Labute approximate surface area is 114 Å². The highest BCUT2D eigenvalue weighted by Gasteiger charge is 2.07. The number of nitro groups is 1. The van der Waals surface area contributed by atoms with Crippen LogP contribution in [0.3, 0.4) is 0 Å². The third-order valence-electron chi connectivity index (χ3n) is 3.01. The average molecular weight is 269 g/mol. The standard InChI is InChI=1S/C14H11N3O3/c1-16-7-6-10-8-12(3-4-13(10)16)20-14-5-2-11(9-15-14)17(18)19/h2-9H,1H3. The third kappa shape index (κ3) is 2.18. The molecule has 2 heterocycles. The van der Waals surface area contributed by atoms with Gasteiger partial charge >= 0.3 is 0 Å². The molecule has 0 aliphatic rings. The molecule has 6 heteroatoms. The molecule has 0 saturated carbocycles. The van der Waals surface area contributed by atoms with Crippen molar-refractivity contribution >= 4 is 16.6 Å². The second-order valence-electron chi connectivity index (χ2n) is 4.36. The highest BCUT2D eigenvalue weighted by atomic mass is 16.6. The summed E-state index contributed by atoms with van der Waals surface area (Å²) in [7, 11) is 1.97. The predicted octanol–water partition coefficient (Wildman–Crippen LogP) is 3.27. The van der Waals surface area contributed by atoms with E-state index < -0.39 is 4.92 Å². The Bertz CT molecular complexity index is 778. The summed E-state index contributed by atoms with van der Waals surface area (Å²) in [5.74, 6) is 0.968. The van der Waals surface area contributed by atoms with E-state index in [-0.39, 0.29) is 5.69 Å². The van der Waals surface area contributed by atoms with Crippen molar-refractivity contribution < 1.29 is 9.66 Å². The molecule has 2 aromatic heterocycles. The second-order valence-corrected chi connectivity index (χ2v) is 4.36. The summed E-state index contributed by atoms with van der Waals surface area (Å²) in [5.41, 5.74) is 1.05. The first-order valence-electron chi connectivity index (χ1n) is 5.97. The van der Waals surface area contributed by atoms with E-state index in [4.69, 9.17) is 4.74 Å². The Morgan fingerprint density at radius 2 is 2.10 bits per heavy atom. The zero-order chi connectivity index (χ0) is 14.1. The Morgan fingerprint density at radius 3 is 2.80 bits per heavy atom. The van der Waals surface area contributed by atoms with Gasteiger partial charge in [-0.1, -0.05) is 0 Å². The van der Waals surface area contributed by atoms with Crippen LogP contribution in [0.5, 0.6) is 11.6 Å². The topological polar surface area (TPSA) is 70.2 Å². The molecule has 0 bridgehead atoms. The number of fused-ring (bicyclic) bond motifs is 1. The van der Waals surface area contributed by atoms with E-state index in [1.807, 2.05) is 42.1 Å². The monoisotopic (exact) mass is 269 g/mol. The molecule has 0 radical (unpaired) electrons. The van der Waals surface area contributed by atoms with Gasteiger partial charge in [0, 0.05) is 36.3 Å². The van der Waals surface area contributed by atoms with E-state index in [9.17, 15) is 10.1 Å². The molecule has 0 spiro atoms. The number of benzene rings is 1. The van der Waals surface area contributed by atoms with Gasteiger partial charge in [-0.15, -0.1) is 0 Å². The van der Waals surface area contributed by atoms with Crippen LogP contribution in [0.15, 0.2) is 48.8 Å². The van der Waals surface area contributed by atoms with E-state index in [2.05, 4.69) is 4.98 Å². The van der Waals surface area contributed by atoms with Gasteiger partial charge in [-0.25, -0.2) is 4.98 Å². The van der Waals surface area contributed by atoms with Crippen molar-refractivity contribution in [2.45, 2.75) is 0 Å². The molecule has 100 valence electrons. The molecule has 6 nitrogen and oxygen atoms in total. The number of nitrogens with zero attached hydrogens (tertiary/aromatic N) is 3. The molecule has 3 rings (SSSR count). The van der Waals surface area contributed by atoms with Crippen LogP contribution in [0.25, 0.3) is 10.9 Å². The van der Waals surface area contributed by atoms with Crippen LogP contribution >= 0.6 is 0 Å². The number of hydrogen-bond donors (Lipinski definition) is 0. The number of aryl methyl sites for hydroxylation is 1. The molecular formula is C14H11N3O3. The molecule has 3 aromatic rings. The molecule has 0 amide bonds. The van der Waals surface area contributed by atoms with Gasteiger partial charge in [-0.05, 0) is 24.3 Å². The molecule has 0 saturated heterocycles. The van der Waals surface area contributed by atoms with Gasteiger partial charge in [0.05, 0.1) is 4.92 Å². The molecule has 1 aromatic carbocycles. The first kappa shape index (κ1) is 12.2. The summed E-state index contributed by atoms with van der Waals surface area (Å²) in [6, 6.07) is 10.5. The fourth-order valence-corrected chi connectivity index (χ4v) is 1.98.